The van der Waals surface area contributed by atoms with Crippen molar-refractivity contribution in [3.63, 3.8) is 0 Å². The predicted molar refractivity (Wildman–Crippen MR) is 57.1 cm³/mol. The molecule has 1 aliphatic rings. The van der Waals surface area contributed by atoms with E-state index in [0.29, 0.717) is 23.8 Å². The molecule has 0 aromatic carbocycles. The van der Waals surface area contributed by atoms with Crippen molar-refractivity contribution in [1.29, 1.82) is 0 Å². The molecule has 1 heterocycles. The molecule has 1 saturated carbocycles. The van der Waals surface area contributed by atoms with E-state index in [4.69, 9.17) is 4.74 Å². The van der Waals surface area contributed by atoms with Gasteiger partial charge in [0.05, 0.1) is 12.7 Å². The highest BCUT2D eigenvalue weighted by molar-refractivity contribution is 5.98. The minimum Gasteiger partial charge on any atom is -0.480 e. The minimum atomic E-state index is 0.157. The quantitative estimate of drug-likeness (QED) is 0.709. The number of rotatable bonds is 4. The topological polar surface area (TPSA) is 39.2 Å². The van der Waals surface area contributed by atoms with Gasteiger partial charge in [0, 0.05) is 12.6 Å². The van der Waals surface area contributed by atoms with Crippen LogP contribution >= 0.6 is 0 Å². The molecule has 0 atom stereocenters. The summed E-state index contributed by atoms with van der Waals surface area (Å²) < 4.78 is 5.07. The third kappa shape index (κ3) is 2.17. The number of hydrogen-bond acceptors (Lipinski definition) is 3. The van der Waals surface area contributed by atoms with E-state index in [9.17, 15) is 4.79 Å². The smallest absolute Gasteiger partial charge is 0.224 e. The van der Waals surface area contributed by atoms with Crippen LogP contribution in [0, 0.1) is 5.92 Å². The lowest BCUT2D eigenvalue weighted by Crippen LogP contribution is -2.16. The van der Waals surface area contributed by atoms with Gasteiger partial charge in [-0.15, -0.1) is 0 Å². The lowest BCUT2D eigenvalue weighted by molar-refractivity contribution is 0.0933. The molecule has 1 aromatic rings. The zero-order chi connectivity index (χ0) is 10.7. The van der Waals surface area contributed by atoms with Crippen molar-refractivity contribution in [3.8, 4) is 5.88 Å². The number of aromatic nitrogens is 1. The molecule has 0 amide bonds. The number of methoxy groups -OCH3 is 1. The van der Waals surface area contributed by atoms with Crippen LogP contribution in [-0.4, -0.2) is 17.9 Å². The van der Waals surface area contributed by atoms with E-state index in [1.165, 1.54) is 19.3 Å². The Morgan fingerprint density at radius 3 is 3.00 bits per heavy atom. The van der Waals surface area contributed by atoms with E-state index in [-0.39, 0.29) is 5.78 Å². The van der Waals surface area contributed by atoms with Crippen LogP contribution in [0.3, 0.4) is 0 Å². The summed E-state index contributed by atoms with van der Waals surface area (Å²) >= 11 is 0. The minimum absolute atomic E-state index is 0.157. The van der Waals surface area contributed by atoms with E-state index >= 15 is 0 Å². The molecular weight excluding hydrogens is 190 g/mol. The number of pyridine rings is 1. The van der Waals surface area contributed by atoms with Crippen LogP contribution in [0.25, 0.3) is 0 Å². The summed E-state index contributed by atoms with van der Waals surface area (Å²) in [5.41, 5.74) is 0.617. The highest BCUT2D eigenvalue weighted by Gasteiger charge is 2.23. The van der Waals surface area contributed by atoms with Crippen LogP contribution in [-0.2, 0) is 0 Å². The zero-order valence-corrected chi connectivity index (χ0v) is 8.90. The fourth-order valence-corrected chi connectivity index (χ4v) is 1.83. The molecule has 0 spiro atoms. The van der Waals surface area contributed by atoms with Crippen molar-refractivity contribution in [3.05, 3.63) is 23.9 Å². The molecule has 0 bridgehead atoms. The second-order valence-corrected chi connectivity index (χ2v) is 3.98. The van der Waals surface area contributed by atoms with E-state index in [2.05, 4.69) is 4.98 Å². The van der Waals surface area contributed by atoms with Crippen molar-refractivity contribution < 1.29 is 9.53 Å². The van der Waals surface area contributed by atoms with E-state index in [1.54, 1.807) is 25.4 Å². The Labute approximate surface area is 89.5 Å². The summed E-state index contributed by atoms with van der Waals surface area (Å²) in [5.74, 6) is 1.19. The Morgan fingerprint density at radius 2 is 2.40 bits per heavy atom. The molecule has 15 heavy (non-hydrogen) atoms. The van der Waals surface area contributed by atoms with Crippen LogP contribution in [0.4, 0.5) is 0 Å². The monoisotopic (exact) mass is 205 g/mol. The molecule has 0 N–H and O–H groups in total. The van der Waals surface area contributed by atoms with Gasteiger partial charge in [0.2, 0.25) is 5.88 Å². The second-order valence-electron chi connectivity index (χ2n) is 3.98. The van der Waals surface area contributed by atoms with Crippen molar-refractivity contribution in [1.82, 2.24) is 4.98 Å². The number of Topliss-reactive ketones (excluding diaryl/α,β-unsaturated/α-hetero) is 1. The van der Waals surface area contributed by atoms with E-state index < -0.39 is 0 Å². The molecule has 3 heteroatoms. The average molecular weight is 205 g/mol. The number of nitrogens with zero attached hydrogens (tertiary/aromatic N) is 1. The summed E-state index contributed by atoms with van der Waals surface area (Å²) in [4.78, 5) is 15.9. The fraction of sp³-hybridized carbons (Fsp3) is 0.500. The SMILES string of the molecule is COc1ncccc1C(=O)CC1CCC1. The third-order valence-corrected chi connectivity index (χ3v) is 2.96. The lowest BCUT2D eigenvalue weighted by atomic mass is 9.81. The summed E-state index contributed by atoms with van der Waals surface area (Å²) in [6.45, 7) is 0. The molecule has 0 aliphatic heterocycles. The number of carbonyl (C=O) groups excluding carboxylic acids is 1. The number of hydrogen-bond donors (Lipinski definition) is 0. The lowest BCUT2D eigenvalue weighted by Gasteiger charge is -2.24. The number of carbonyl (C=O) groups is 1. The van der Waals surface area contributed by atoms with E-state index in [0.717, 1.165) is 0 Å². The van der Waals surface area contributed by atoms with Crippen LogP contribution in [0.2, 0.25) is 0 Å². The van der Waals surface area contributed by atoms with Gasteiger partial charge in [-0.05, 0) is 18.1 Å². The number of ether oxygens (including phenoxy) is 1. The van der Waals surface area contributed by atoms with Gasteiger partial charge in [-0.25, -0.2) is 4.98 Å². The molecule has 3 nitrogen and oxygen atoms in total. The predicted octanol–water partition coefficient (Wildman–Crippen LogP) is 2.46. The second kappa shape index (κ2) is 4.43. The summed E-state index contributed by atoms with van der Waals surface area (Å²) in [6.07, 6.45) is 5.92. The Kier molecular flexibility index (Phi) is 2.99. The average Bonchev–Trinajstić information content (AvgIpc) is 2.23. The summed E-state index contributed by atoms with van der Waals surface area (Å²) in [6, 6.07) is 3.56. The first-order valence-corrected chi connectivity index (χ1v) is 5.33. The van der Waals surface area contributed by atoms with Gasteiger partial charge in [-0.1, -0.05) is 19.3 Å². The third-order valence-electron chi connectivity index (χ3n) is 2.96. The standard InChI is InChI=1S/C12H15NO2/c1-15-12-10(6-3-7-13-12)11(14)8-9-4-2-5-9/h3,6-7,9H,2,4-5,8H2,1H3. The maximum atomic E-state index is 11.9. The van der Waals surface area contributed by atoms with Gasteiger partial charge in [0.25, 0.3) is 0 Å². The van der Waals surface area contributed by atoms with Crippen LogP contribution < -0.4 is 4.74 Å². The molecule has 1 aliphatic carbocycles. The Morgan fingerprint density at radius 1 is 1.60 bits per heavy atom. The first-order chi connectivity index (χ1) is 7.31. The molecule has 0 saturated heterocycles. The normalized spacial score (nSPS) is 15.8. The van der Waals surface area contributed by atoms with Gasteiger partial charge in [-0.3, -0.25) is 4.79 Å². The molecule has 2 rings (SSSR count). The van der Waals surface area contributed by atoms with Crippen LogP contribution in [0.15, 0.2) is 18.3 Å². The molecule has 0 unspecified atom stereocenters. The summed E-state index contributed by atoms with van der Waals surface area (Å²) in [7, 11) is 1.54. The molecular formula is C12H15NO2. The number of ketones is 1. The first kappa shape index (κ1) is 10.1. The molecule has 80 valence electrons. The van der Waals surface area contributed by atoms with Crippen molar-refractivity contribution in [2.75, 3.05) is 7.11 Å². The van der Waals surface area contributed by atoms with Gasteiger partial charge in [-0.2, -0.15) is 0 Å². The highest BCUT2D eigenvalue weighted by Crippen LogP contribution is 2.31. The van der Waals surface area contributed by atoms with Crippen molar-refractivity contribution in [2.24, 2.45) is 5.92 Å². The van der Waals surface area contributed by atoms with Crippen LogP contribution in [0.5, 0.6) is 5.88 Å². The first-order valence-electron chi connectivity index (χ1n) is 5.33. The van der Waals surface area contributed by atoms with Gasteiger partial charge in [0.15, 0.2) is 5.78 Å². The maximum absolute atomic E-state index is 11.9. The Balaban J connectivity index is 2.09. The van der Waals surface area contributed by atoms with Crippen molar-refractivity contribution in [2.45, 2.75) is 25.7 Å². The zero-order valence-electron chi connectivity index (χ0n) is 8.90. The van der Waals surface area contributed by atoms with Crippen LogP contribution in [0.1, 0.15) is 36.0 Å². The largest absolute Gasteiger partial charge is 0.480 e. The highest BCUT2D eigenvalue weighted by atomic mass is 16.5. The van der Waals surface area contributed by atoms with Gasteiger partial charge in [0.1, 0.15) is 0 Å². The molecule has 1 aromatic heterocycles. The Bertz CT molecular complexity index is 358. The molecule has 1 fully saturated rings. The fourth-order valence-electron chi connectivity index (χ4n) is 1.83. The molecule has 0 radical (unpaired) electrons. The van der Waals surface area contributed by atoms with Crippen molar-refractivity contribution >= 4 is 5.78 Å². The van der Waals surface area contributed by atoms with Gasteiger partial charge >= 0.3 is 0 Å². The van der Waals surface area contributed by atoms with Gasteiger partial charge < -0.3 is 4.74 Å². The Hall–Kier alpha value is -1.38. The maximum Gasteiger partial charge on any atom is 0.224 e. The van der Waals surface area contributed by atoms with E-state index in [1.807, 2.05) is 0 Å². The summed E-state index contributed by atoms with van der Waals surface area (Å²) in [5, 5.41) is 0.